The lowest BCUT2D eigenvalue weighted by molar-refractivity contribution is 0.0979. The number of aryl methyl sites for hydroxylation is 2. The van der Waals surface area contributed by atoms with Gasteiger partial charge in [-0.1, -0.05) is 20.3 Å². The molecule has 1 aromatic rings. The van der Waals surface area contributed by atoms with Crippen LogP contribution in [0.15, 0.2) is 0 Å². The summed E-state index contributed by atoms with van der Waals surface area (Å²) in [6, 6.07) is 0. The molecule has 0 aliphatic carbocycles. The van der Waals surface area contributed by atoms with Crippen molar-refractivity contribution in [3.63, 3.8) is 0 Å². The summed E-state index contributed by atoms with van der Waals surface area (Å²) in [5.41, 5.74) is 1.61. The van der Waals surface area contributed by atoms with E-state index in [-0.39, 0.29) is 0 Å². The second-order valence-corrected chi connectivity index (χ2v) is 7.44. The van der Waals surface area contributed by atoms with Crippen LogP contribution in [0.3, 0.4) is 0 Å². The van der Waals surface area contributed by atoms with Crippen LogP contribution in [0.25, 0.3) is 0 Å². The molecule has 0 aliphatic heterocycles. The molecule has 0 unspecified atom stereocenters. The molecule has 1 heterocycles. The Kier molecular flexibility index (Phi) is 5.95. The zero-order valence-electron chi connectivity index (χ0n) is 13.4. The number of nitrogens with zero attached hydrogens (tertiary/aromatic N) is 2. The number of hydrogen-bond donors (Lipinski definition) is 1. The van der Waals surface area contributed by atoms with Gasteiger partial charge in [0.05, 0.1) is 16.5 Å². The first-order valence-electron chi connectivity index (χ1n) is 7.34. The molecule has 1 atom stereocenters. The molecule has 120 valence electrons. The molecular formula is C14H25N3O3S. The standard InChI is InChI=1S/C14H25N3O3S/c1-6-8-10(3)21(19,20)16-14(18)13-11(4)15-17(9-7-2)12(13)5/h10H,6-9H2,1-5H3,(H,16,18)/t10-/m1/s1. The van der Waals surface area contributed by atoms with E-state index in [0.29, 0.717) is 29.9 Å². The molecule has 0 spiro atoms. The summed E-state index contributed by atoms with van der Waals surface area (Å²) in [5, 5.41) is 3.71. The van der Waals surface area contributed by atoms with Crippen LogP contribution < -0.4 is 4.72 Å². The van der Waals surface area contributed by atoms with Crippen molar-refractivity contribution in [3.05, 3.63) is 17.0 Å². The Balaban J connectivity index is 3.00. The van der Waals surface area contributed by atoms with Crippen molar-refractivity contribution in [2.24, 2.45) is 0 Å². The Bertz CT molecular complexity index is 605. The number of sulfonamides is 1. The highest BCUT2D eigenvalue weighted by Gasteiger charge is 2.26. The maximum atomic E-state index is 12.3. The molecule has 0 aromatic carbocycles. The molecule has 0 saturated carbocycles. The van der Waals surface area contributed by atoms with Crippen molar-refractivity contribution < 1.29 is 13.2 Å². The van der Waals surface area contributed by atoms with E-state index in [1.807, 2.05) is 13.8 Å². The van der Waals surface area contributed by atoms with Crippen LogP contribution in [0.1, 0.15) is 61.8 Å². The van der Waals surface area contributed by atoms with Crippen molar-refractivity contribution in [2.45, 2.75) is 65.7 Å². The highest BCUT2D eigenvalue weighted by molar-refractivity contribution is 7.90. The average Bonchev–Trinajstić information content (AvgIpc) is 2.64. The normalized spacial score (nSPS) is 13.2. The summed E-state index contributed by atoms with van der Waals surface area (Å²) in [6.45, 7) is 9.76. The molecule has 1 amide bonds. The summed E-state index contributed by atoms with van der Waals surface area (Å²) < 4.78 is 28.1. The van der Waals surface area contributed by atoms with Crippen molar-refractivity contribution in [1.29, 1.82) is 0 Å². The summed E-state index contributed by atoms with van der Waals surface area (Å²) in [7, 11) is -3.64. The van der Waals surface area contributed by atoms with Gasteiger partial charge in [-0.15, -0.1) is 0 Å². The van der Waals surface area contributed by atoms with Crippen LogP contribution in [0.2, 0.25) is 0 Å². The van der Waals surface area contributed by atoms with Crippen LogP contribution in [-0.2, 0) is 16.6 Å². The van der Waals surface area contributed by atoms with E-state index >= 15 is 0 Å². The first-order valence-corrected chi connectivity index (χ1v) is 8.89. The maximum absolute atomic E-state index is 12.3. The van der Waals surface area contributed by atoms with Gasteiger partial charge in [-0.25, -0.2) is 13.1 Å². The zero-order valence-corrected chi connectivity index (χ0v) is 14.2. The topological polar surface area (TPSA) is 81.1 Å². The van der Waals surface area contributed by atoms with Gasteiger partial charge in [0.15, 0.2) is 0 Å². The van der Waals surface area contributed by atoms with E-state index in [1.165, 1.54) is 0 Å². The number of carbonyl (C=O) groups is 1. The molecule has 6 nitrogen and oxygen atoms in total. The predicted molar refractivity (Wildman–Crippen MR) is 82.7 cm³/mol. The minimum atomic E-state index is -3.64. The van der Waals surface area contributed by atoms with Crippen LogP contribution in [0.4, 0.5) is 0 Å². The van der Waals surface area contributed by atoms with Gasteiger partial charge >= 0.3 is 0 Å². The number of hydrogen-bond acceptors (Lipinski definition) is 4. The number of rotatable bonds is 7. The van der Waals surface area contributed by atoms with E-state index in [0.717, 1.165) is 12.8 Å². The lowest BCUT2D eigenvalue weighted by Crippen LogP contribution is -2.37. The van der Waals surface area contributed by atoms with Crippen LogP contribution in [0, 0.1) is 13.8 Å². The van der Waals surface area contributed by atoms with Gasteiger partial charge in [0, 0.05) is 12.2 Å². The fraction of sp³-hybridized carbons (Fsp3) is 0.714. The van der Waals surface area contributed by atoms with E-state index < -0.39 is 21.2 Å². The summed E-state index contributed by atoms with van der Waals surface area (Å²) >= 11 is 0. The highest BCUT2D eigenvalue weighted by atomic mass is 32.2. The minimum absolute atomic E-state index is 0.357. The largest absolute Gasteiger partial charge is 0.269 e. The zero-order chi connectivity index (χ0) is 16.2. The average molecular weight is 315 g/mol. The third kappa shape index (κ3) is 4.06. The number of aromatic nitrogens is 2. The minimum Gasteiger partial charge on any atom is -0.269 e. The highest BCUT2D eigenvalue weighted by Crippen LogP contribution is 2.15. The Labute approximate surface area is 127 Å². The summed E-state index contributed by atoms with van der Waals surface area (Å²) in [5.74, 6) is -0.588. The molecule has 0 fully saturated rings. The maximum Gasteiger partial charge on any atom is 0.268 e. The molecule has 7 heteroatoms. The van der Waals surface area contributed by atoms with Gasteiger partial charge in [0.2, 0.25) is 10.0 Å². The number of nitrogens with one attached hydrogen (secondary N) is 1. The second-order valence-electron chi connectivity index (χ2n) is 5.34. The molecule has 0 saturated heterocycles. The van der Waals surface area contributed by atoms with Crippen LogP contribution in [0.5, 0.6) is 0 Å². The Morgan fingerprint density at radius 3 is 2.43 bits per heavy atom. The second kappa shape index (κ2) is 7.06. The fourth-order valence-electron chi connectivity index (χ4n) is 2.30. The van der Waals surface area contributed by atoms with Gasteiger partial charge in [-0.05, 0) is 33.6 Å². The quantitative estimate of drug-likeness (QED) is 0.836. The van der Waals surface area contributed by atoms with Crippen molar-refractivity contribution in [3.8, 4) is 0 Å². The smallest absolute Gasteiger partial charge is 0.268 e. The van der Waals surface area contributed by atoms with Gasteiger partial charge in [0.1, 0.15) is 0 Å². The molecule has 1 rings (SSSR count). The van der Waals surface area contributed by atoms with Gasteiger partial charge < -0.3 is 0 Å². The number of amides is 1. The molecular weight excluding hydrogens is 290 g/mol. The third-order valence-corrected chi connectivity index (χ3v) is 5.27. The molecule has 0 bridgehead atoms. The Morgan fingerprint density at radius 1 is 1.29 bits per heavy atom. The SMILES string of the molecule is CCC[C@@H](C)S(=O)(=O)NC(=O)c1c(C)nn(CCC)c1C. The molecule has 0 radical (unpaired) electrons. The van der Waals surface area contributed by atoms with Crippen molar-refractivity contribution in [1.82, 2.24) is 14.5 Å². The lowest BCUT2D eigenvalue weighted by Gasteiger charge is -2.13. The van der Waals surface area contributed by atoms with Crippen LogP contribution in [-0.4, -0.2) is 29.4 Å². The van der Waals surface area contributed by atoms with Gasteiger partial charge in [-0.3, -0.25) is 9.48 Å². The first kappa shape index (κ1) is 17.7. The van der Waals surface area contributed by atoms with E-state index in [1.54, 1.807) is 25.5 Å². The number of carbonyl (C=O) groups excluding carboxylic acids is 1. The molecule has 0 aliphatic rings. The van der Waals surface area contributed by atoms with Gasteiger partial charge in [-0.2, -0.15) is 5.10 Å². The summed E-state index contributed by atoms with van der Waals surface area (Å²) in [4.78, 5) is 12.3. The molecule has 1 N–H and O–H groups in total. The fourth-order valence-corrected chi connectivity index (χ4v) is 3.41. The lowest BCUT2D eigenvalue weighted by atomic mass is 10.2. The molecule has 21 heavy (non-hydrogen) atoms. The van der Waals surface area contributed by atoms with E-state index in [9.17, 15) is 13.2 Å². The van der Waals surface area contributed by atoms with Crippen LogP contribution >= 0.6 is 0 Å². The van der Waals surface area contributed by atoms with Crippen molar-refractivity contribution >= 4 is 15.9 Å². The predicted octanol–water partition coefficient (Wildman–Crippen LogP) is 2.16. The Morgan fingerprint density at radius 2 is 1.90 bits per heavy atom. The monoisotopic (exact) mass is 315 g/mol. The van der Waals surface area contributed by atoms with Crippen molar-refractivity contribution in [2.75, 3.05) is 0 Å². The molecule has 1 aromatic heterocycles. The van der Waals surface area contributed by atoms with E-state index in [2.05, 4.69) is 9.82 Å². The summed E-state index contributed by atoms with van der Waals surface area (Å²) in [6.07, 6.45) is 2.17. The first-order chi connectivity index (χ1) is 9.74. The Hall–Kier alpha value is -1.37. The van der Waals surface area contributed by atoms with Gasteiger partial charge in [0.25, 0.3) is 5.91 Å². The third-order valence-electron chi connectivity index (χ3n) is 3.50. The van der Waals surface area contributed by atoms with E-state index in [4.69, 9.17) is 0 Å².